The molecule has 1 saturated heterocycles. The zero-order chi connectivity index (χ0) is 18.6. The van der Waals surface area contributed by atoms with Gasteiger partial charge in [-0.2, -0.15) is 4.98 Å². The van der Waals surface area contributed by atoms with Crippen LogP contribution in [0.2, 0.25) is 0 Å². The summed E-state index contributed by atoms with van der Waals surface area (Å²) >= 11 is 0. The second-order valence-corrected chi connectivity index (χ2v) is 6.65. The van der Waals surface area contributed by atoms with E-state index in [1.165, 1.54) is 12.1 Å². The van der Waals surface area contributed by atoms with Gasteiger partial charge >= 0.3 is 0 Å². The number of hydrogen-bond donors (Lipinski definition) is 0. The summed E-state index contributed by atoms with van der Waals surface area (Å²) in [6.45, 7) is 1.88. The number of rotatable bonds is 5. The lowest BCUT2D eigenvalue weighted by atomic mass is 10.1. The molecule has 2 aromatic heterocycles. The molecule has 3 aromatic rings. The van der Waals surface area contributed by atoms with E-state index >= 15 is 0 Å². The first-order chi connectivity index (χ1) is 13.2. The van der Waals surface area contributed by atoms with Crippen LogP contribution < -0.4 is 4.90 Å². The Hall–Kier alpha value is -2.80. The lowest BCUT2D eigenvalue weighted by Crippen LogP contribution is -2.37. The van der Waals surface area contributed by atoms with Crippen LogP contribution in [0.15, 0.2) is 47.1 Å². The maximum absolute atomic E-state index is 13.0. The largest absolute Gasteiger partial charge is 0.381 e. The van der Waals surface area contributed by atoms with Crippen LogP contribution in [0.4, 0.5) is 10.2 Å². The number of aromatic nitrogens is 3. The highest BCUT2D eigenvalue weighted by molar-refractivity contribution is 5.54. The van der Waals surface area contributed by atoms with Crippen LogP contribution in [0, 0.1) is 5.82 Å². The Bertz CT molecular complexity index is 872. The molecule has 140 valence electrons. The molecule has 0 atom stereocenters. The molecule has 1 aromatic carbocycles. The van der Waals surface area contributed by atoms with Crippen molar-refractivity contribution in [2.24, 2.45) is 0 Å². The van der Waals surface area contributed by atoms with Gasteiger partial charge in [0.15, 0.2) is 5.82 Å². The third-order valence-corrected chi connectivity index (χ3v) is 4.84. The molecule has 0 spiro atoms. The predicted octanol–water partition coefficient (Wildman–Crippen LogP) is 3.48. The van der Waals surface area contributed by atoms with E-state index in [0.717, 1.165) is 42.9 Å². The zero-order valence-electron chi connectivity index (χ0n) is 15.1. The summed E-state index contributed by atoms with van der Waals surface area (Å²) in [6, 6.07) is 10.2. The molecule has 0 unspecified atom stereocenters. The van der Waals surface area contributed by atoms with Crippen LogP contribution in [0.3, 0.4) is 0 Å². The molecule has 0 amide bonds. The number of benzene rings is 1. The first-order valence-electron chi connectivity index (χ1n) is 9.02. The van der Waals surface area contributed by atoms with Gasteiger partial charge in [0.1, 0.15) is 11.6 Å². The Morgan fingerprint density at radius 2 is 1.93 bits per heavy atom. The Morgan fingerprint density at radius 3 is 2.59 bits per heavy atom. The van der Waals surface area contributed by atoms with Gasteiger partial charge in [-0.05, 0) is 42.7 Å². The summed E-state index contributed by atoms with van der Waals surface area (Å²) in [5.74, 6) is 1.68. The molecule has 0 bridgehead atoms. The number of halogens is 1. The second-order valence-electron chi connectivity index (χ2n) is 6.65. The molecule has 6 nitrogen and oxygen atoms in total. The van der Waals surface area contributed by atoms with Gasteiger partial charge in [-0.25, -0.2) is 9.37 Å². The molecule has 0 saturated carbocycles. The molecule has 27 heavy (non-hydrogen) atoms. The number of ether oxygens (including phenoxy) is 1. The smallest absolute Gasteiger partial charge is 0.259 e. The van der Waals surface area contributed by atoms with E-state index in [0.29, 0.717) is 24.2 Å². The standard InChI is InChI=1S/C20H21FN4O2/c1-26-17-8-10-25(11-9-17)19-7-4-15(13-22-19)20-23-18(24-27-20)12-14-2-5-16(21)6-3-14/h2-7,13,17H,8-12H2,1H3. The first-order valence-corrected chi connectivity index (χ1v) is 9.02. The van der Waals surface area contributed by atoms with Crippen molar-refractivity contribution in [3.8, 4) is 11.5 Å². The predicted molar refractivity (Wildman–Crippen MR) is 99.0 cm³/mol. The van der Waals surface area contributed by atoms with E-state index in [9.17, 15) is 4.39 Å². The number of nitrogens with zero attached hydrogens (tertiary/aromatic N) is 4. The fraction of sp³-hybridized carbons (Fsp3) is 0.350. The monoisotopic (exact) mass is 368 g/mol. The molecule has 1 aliphatic heterocycles. The van der Waals surface area contributed by atoms with Crippen molar-refractivity contribution >= 4 is 5.82 Å². The normalized spacial score (nSPS) is 15.3. The third kappa shape index (κ3) is 4.14. The van der Waals surface area contributed by atoms with Crippen LogP contribution in [0.1, 0.15) is 24.2 Å². The van der Waals surface area contributed by atoms with Gasteiger partial charge in [-0.3, -0.25) is 0 Å². The Morgan fingerprint density at radius 1 is 1.15 bits per heavy atom. The Labute approximate surface area is 157 Å². The highest BCUT2D eigenvalue weighted by atomic mass is 19.1. The van der Waals surface area contributed by atoms with E-state index < -0.39 is 0 Å². The average Bonchev–Trinajstić information content (AvgIpc) is 3.18. The lowest BCUT2D eigenvalue weighted by Gasteiger charge is -2.32. The quantitative estimate of drug-likeness (QED) is 0.687. The van der Waals surface area contributed by atoms with Gasteiger partial charge in [-0.15, -0.1) is 0 Å². The van der Waals surface area contributed by atoms with E-state index in [4.69, 9.17) is 9.26 Å². The van der Waals surface area contributed by atoms with Gasteiger partial charge < -0.3 is 14.2 Å². The summed E-state index contributed by atoms with van der Waals surface area (Å²) in [7, 11) is 1.77. The Balaban J connectivity index is 1.42. The number of pyridine rings is 1. The minimum absolute atomic E-state index is 0.259. The number of hydrogen-bond acceptors (Lipinski definition) is 6. The topological polar surface area (TPSA) is 64.3 Å². The van der Waals surface area contributed by atoms with E-state index in [2.05, 4.69) is 20.0 Å². The zero-order valence-corrected chi connectivity index (χ0v) is 15.1. The van der Waals surface area contributed by atoms with Crippen LogP contribution in [-0.4, -0.2) is 41.4 Å². The minimum Gasteiger partial charge on any atom is -0.381 e. The SMILES string of the molecule is COC1CCN(c2ccc(-c3nc(Cc4ccc(F)cc4)no3)cn2)CC1. The summed E-state index contributed by atoms with van der Waals surface area (Å²) in [6.07, 6.45) is 4.61. The number of anilines is 1. The molecule has 1 fully saturated rings. The third-order valence-electron chi connectivity index (χ3n) is 4.84. The minimum atomic E-state index is -0.259. The fourth-order valence-corrected chi connectivity index (χ4v) is 3.25. The van der Waals surface area contributed by atoms with Crippen molar-refractivity contribution in [2.45, 2.75) is 25.4 Å². The van der Waals surface area contributed by atoms with Crippen molar-refractivity contribution in [2.75, 3.05) is 25.1 Å². The molecular weight excluding hydrogens is 347 g/mol. The van der Waals surface area contributed by atoms with E-state index in [1.807, 2.05) is 12.1 Å². The lowest BCUT2D eigenvalue weighted by molar-refractivity contribution is 0.0818. The molecule has 4 rings (SSSR count). The van der Waals surface area contributed by atoms with Crippen molar-refractivity contribution in [3.05, 3.63) is 59.8 Å². The van der Waals surface area contributed by atoms with Crippen molar-refractivity contribution < 1.29 is 13.7 Å². The van der Waals surface area contributed by atoms with E-state index in [1.54, 1.807) is 25.4 Å². The maximum Gasteiger partial charge on any atom is 0.259 e. The van der Waals surface area contributed by atoms with Crippen molar-refractivity contribution in [1.29, 1.82) is 0 Å². The molecule has 3 heterocycles. The van der Waals surface area contributed by atoms with Crippen molar-refractivity contribution in [3.63, 3.8) is 0 Å². The van der Waals surface area contributed by atoms with Crippen LogP contribution in [0.25, 0.3) is 11.5 Å². The van der Waals surface area contributed by atoms with Gasteiger partial charge in [0.05, 0.1) is 11.7 Å². The van der Waals surface area contributed by atoms with Crippen LogP contribution in [0.5, 0.6) is 0 Å². The summed E-state index contributed by atoms with van der Waals surface area (Å²) in [5, 5.41) is 4.01. The van der Waals surface area contributed by atoms with Gasteiger partial charge in [-0.1, -0.05) is 17.3 Å². The molecule has 7 heteroatoms. The van der Waals surface area contributed by atoms with Gasteiger partial charge in [0.25, 0.3) is 5.89 Å². The number of piperidine rings is 1. The highest BCUT2D eigenvalue weighted by Crippen LogP contribution is 2.23. The average molecular weight is 368 g/mol. The maximum atomic E-state index is 13.0. The first kappa shape index (κ1) is 17.6. The van der Waals surface area contributed by atoms with Crippen molar-refractivity contribution in [1.82, 2.24) is 15.1 Å². The summed E-state index contributed by atoms with van der Waals surface area (Å²) in [5.41, 5.74) is 1.71. The molecular formula is C20H21FN4O2. The Kier molecular flexibility index (Phi) is 5.11. The summed E-state index contributed by atoms with van der Waals surface area (Å²) in [4.78, 5) is 11.2. The molecule has 1 aliphatic rings. The number of methoxy groups -OCH3 is 1. The van der Waals surface area contributed by atoms with Gasteiger partial charge in [0.2, 0.25) is 0 Å². The van der Waals surface area contributed by atoms with Gasteiger partial charge in [0, 0.05) is 32.8 Å². The fourth-order valence-electron chi connectivity index (χ4n) is 3.25. The highest BCUT2D eigenvalue weighted by Gasteiger charge is 2.20. The molecule has 0 aliphatic carbocycles. The van der Waals surface area contributed by atoms with Crippen LogP contribution >= 0.6 is 0 Å². The van der Waals surface area contributed by atoms with Crippen LogP contribution in [-0.2, 0) is 11.2 Å². The second kappa shape index (κ2) is 7.84. The molecule has 0 N–H and O–H groups in total. The van der Waals surface area contributed by atoms with E-state index in [-0.39, 0.29) is 5.82 Å². The molecule has 0 radical (unpaired) electrons. The summed E-state index contributed by atoms with van der Waals surface area (Å²) < 4.78 is 23.8.